The molecule has 2 amide bonds. The molecule has 1 aliphatic rings. The van der Waals surface area contributed by atoms with Gasteiger partial charge in [0.2, 0.25) is 5.91 Å². The van der Waals surface area contributed by atoms with Crippen LogP contribution >= 0.6 is 22.7 Å². The van der Waals surface area contributed by atoms with Crippen molar-refractivity contribution in [2.24, 2.45) is 0 Å². The zero-order valence-corrected chi connectivity index (χ0v) is 18.3. The summed E-state index contributed by atoms with van der Waals surface area (Å²) >= 11 is 3.08. The van der Waals surface area contributed by atoms with Crippen molar-refractivity contribution in [2.45, 2.75) is 52.7 Å². The molecule has 1 aliphatic heterocycles. The predicted molar refractivity (Wildman–Crippen MR) is 114 cm³/mol. The molecule has 0 saturated heterocycles. The van der Waals surface area contributed by atoms with Gasteiger partial charge in [-0.1, -0.05) is 13.5 Å². The van der Waals surface area contributed by atoms with Crippen molar-refractivity contribution in [1.29, 1.82) is 0 Å². The van der Waals surface area contributed by atoms with Gasteiger partial charge in [0.05, 0.1) is 12.2 Å². The minimum absolute atomic E-state index is 0.254. The lowest BCUT2D eigenvalue weighted by Crippen LogP contribution is -2.39. The van der Waals surface area contributed by atoms with Crippen LogP contribution in [0.3, 0.4) is 0 Å². The number of hydrogen-bond acceptors (Lipinski definition) is 6. The maximum absolute atomic E-state index is 12.5. The number of hydrogen-bond donors (Lipinski definition) is 1. The summed E-state index contributed by atoms with van der Waals surface area (Å²) in [4.78, 5) is 31.9. The lowest BCUT2D eigenvalue weighted by molar-refractivity contribution is -0.111. The number of thiazole rings is 1. The first-order valence-electron chi connectivity index (χ1n) is 9.22. The molecule has 8 heteroatoms. The molecule has 2 aromatic heterocycles. The zero-order valence-electron chi connectivity index (χ0n) is 16.6. The number of aryl methyl sites for hydroxylation is 1. The Kier molecular flexibility index (Phi) is 5.90. The van der Waals surface area contributed by atoms with E-state index >= 15 is 0 Å². The maximum atomic E-state index is 12.5. The number of fused-ring (bicyclic) bond motifs is 1. The molecule has 3 heterocycles. The molecule has 28 heavy (non-hydrogen) atoms. The first kappa shape index (κ1) is 20.5. The molecule has 0 aliphatic carbocycles. The number of amides is 2. The second-order valence-electron chi connectivity index (χ2n) is 7.55. The number of rotatable bonds is 4. The van der Waals surface area contributed by atoms with Crippen LogP contribution in [0, 0.1) is 0 Å². The van der Waals surface area contributed by atoms with Gasteiger partial charge >= 0.3 is 6.09 Å². The van der Waals surface area contributed by atoms with Crippen LogP contribution in [-0.4, -0.2) is 34.0 Å². The molecule has 150 valence electrons. The molecule has 6 nitrogen and oxygen atoms in total. The monoisotopic (exact) mass is 419 g/mol. The van der Waals surface area contributed by atoms with Crippen molar-refractivity contribution in [2.75, 3.05) is 11.9 Å². The van der Waals surface area contributed by atoms with E-state index in [1.54, 1.807) is 16.2 Å². The van der Waals surface area contributed by atoms with Crippen molar-refractivity contribution in [3.05, 3.63) is 34.2 Å². The first-order valence-corrected chi connectivity index (χ1v) is 10.9. The summed E-state index contributed by atoms with van der Waals surface area (Å²) in [6.07, 6.45) is 2.51. The quantitative estimate of drug-likeness (QED) is 0.719. The molecular weight excluding hydrogens is 394 g/mol. The number of nitrogens with one attached hydrogen (secondary N) is 1. The predicted octanol–water partition coefficient (Wildman–Crippen LogP) is 4.85. The highest BCUT2D eigenvalue weighted by Gasteiger charge is 2.31. The van der Waals surface area contributed by atoms with E-state index < -0.39 is 5.60 Å². The lowest BCUT2D eigenvalue weighted by atomic mass is 10.0. The Morgan fingerprint density at radius 2 is 2.18 bits per heavy atom. The van der Waals surface area contributed by atoms with E-state index in [-0.39, 0.29) is 12.0 Å². The molecule has 3 rings (SSSR count). The van der Waals surface area contributed by atoms with Crippen molar-refractivity contribution in [3.63, 3.8) is 0 Å². The smallest absolute Gasteiger partial charge is 0.410 e. The van der Waals surface area contributed by atoms with Crippen molar-refractivity contribution in [1.82, 2.24) is 9.88 Å². The van der Waals surface area contributed by atoms with Crippen molar-refractivity contribution in [3.8, 4) is 10.6 Å². The van der Waals surface area contributed by atoms with Gasteiger partial charge < -0.3 is 15.0 Å². The fraction of sp³-hybridized carbons (Fsp3) is 0.450. The normalized spacial score (nSPS) is 13.8. The third-order valence-corrected chi connectivity index (χ3v) is 6.30. The number of thiophene rings is 1. The van der Waals surface area contributed by atoms with Crippen LogP contribution in [0.2, 0.25) is 0 Å². The lowest BCUT2D eigenvalue weighted by Gasteiger charge is -2.30. The van der Waals surface area contributed by atoms with Gasteiger partial charge in [-0.25, -0.2) is 9.78 Å². The Morgan fingerprint density at radius 3 is 2.79 bits per heavy atom. The number of anilines is 1. The second-order valence-corrected chi connectivity index (χ2v) is 9.51. The Morgan fingerprint density at radius 1 is 1.43 bits per heavy atom. The highest BCUT2D eigenvalue weighted by molar-refractivity contribution is 7.18. The average molecular weight is 420 g/mol. The van der Waals surface area contributed by atoms with E-state index in [4.69, 9.17) is 9.72 Å². The van der Waals surface area contributed by atoms with Crippen LogP contribution in [0.5, 0.6) is 0 Å². The minimum atomic E-state index is -0.529. The van der Waals surface area contributed by atoms with Gasteiger partial charge in [-0.05, 0) is 45.3 Å². The maximum Gasteiger partial charge on any atom is 0.410 e. The molecule has 0 atom stereocenters. The molecule has 0 spiro atoms. The number of carbonyl (C=O) groups is 2. The van der Waals surface area contributed by atoms with Crippen LogP contribution in [0.15, 0.2) is 18.0 Å². The van der Waals surface area contributed by atoms with Crippen LogP contribution in [0.4, 0.5) is 9.80 Å². The average Bonchev–Trinajstić information content (AvgIpc) is 3.22. The van der Waals surface area contributed by atoms with Crippen LogP contribution < -0.4 is 5.32 Å². The summed E-state index contributed by atoms with van der Waals surface area (Å²) in [6.45, 7) is 12.2. The fourth-order valence-electron chi connectivity index (χ4n) is 2.95. The molecule has 0 radical (unpaired) electrons. The van der Waals surface area contributed by atoms with E-state index in [0.717, 1.165) is 38.1 Å². The summed E-state index contributed by atoms with van der Waals surface area (Å²) in [5.74, 6) is -0.254. The van der Waals surface area contributed by atoms with E-state index in [9.17, 15) is 9.59 Å². The van der Waals surface area contributed by atoms with Gasteiger partial charge in [0, 0.05) is 22.4 Å². The van der Waals surface area contributed by atoms with Gasteiger partial charge in [0.1, 0.15) is 15.6 Å². The van der Waals surface area contributed by atoms with Crippen LogP contribution in [0.25, 0.3) is 10.6 Å². The summed E-state index contributed by atoms with van der Waals surface area (Å²) in [5, 5.41) is 6.63. The molecule has 0 saturated carbocycles. The third kappa shape index (κ3) is 4.44. The van der Waals surface area contributed by atoms with Crippen LogP contribution in [-0.2, 0) is 28.9 Å². The Bertz CT molecular complexity index is 908. The van der Waals surface area contributed by atoms with Crippen molar-refractivity contribution < 1.29 is 14.3 Å². The molecule has 0 aromatic carbocycles. The molecule has 1 N–H and O–H groups in total. The highest BCUT2D eigenvalue weighted by atomic mass is 32.1. The Balaban J connectivity index is 1.94. The van der Waals surface area contributed by atoms with Gasteiger partial charge in [-0.3, -0.25) is 4.79 Å². The highest BCUT2D eigenvalue weighted by Crippen LogP contribution is 2.44. The number of ether oxygens (including phenoxy) is 1. The molecule has 2 aromatic rings. The molecule has 0 fully saturated rings. The fourth-order valence-corrected chi connectivity index (χ4v) is 5.26. The Labute approximate surface area is 173 Å². The SMILES string of the molecule is C=CC(=O)Nc1sc2c(c1-c1nc(CC)cs1)CCN(C(=O)OC(C)(C)C)C2. The Hall–Kier alpha value is -2.19. The van der Waals surface area contributed by atoms with Crippen LogP contribution in [0.1, 0.15) is 43.8 Å². The summed E-state index contributed by atoms with van der Waals surface area (Å²) in [5.41, 5.74) is 2.63. The topological polar surface area (TPSA) is 71.5 Å². The minimum Gasteiger partial charge on any atom is -0.444 e. The second kappa shape index (κ2) is 8.05. The van der Waals surface area contributed by atoms with Gasteiger partial charge in [-0.15, -0.1) is 22.7 Å². The largest absolute Gasteiger partial charge is 0.444 e. The number of aromatic nitrogens is 1. The van der Waals surface area contributed by atoms with E-state index in [1.807, 2.05) is 26.2 Å². The number of nitrogens with zero attached hydrogens (tertiary/aromatic N) is 2. The van der Waals surface area contributed by atoms with Gasteiger partial charge in [-0.2, -0.15) is 0 Å². The van der Waals surface area contributed by atoms with Gasteiger partial charge in [0.15, 0.2) is 0 Å². The van der Waals surface area contributed by atoms with Gasteiger partial charge in [0.25, 0.3) is 0 Å². The van der Waals surface area contributed by atoms with E-state index in [2.05, 4.69) is 18.8 Å². The van der Waals surface area contributed by atoms with Crippen molar-refractivity contribution >= 4 is 39.7 Å². The zero-order chi connectivity index (χ0) is 20.5. The molecular formula is C20H25N3O3S2. The summed E-state index contributed by atoms with van der Waals surface area (Å²) < 4.78 is 5.51. The van der Waals surface area contributed by atoms with E-state index in [0.29, 0.717) is 19.5 Å². The summed E-state index contributed by atoms with van der Waals surface area (Å²) in [7, 11) is 0. The number of carbonyl (C=O) groups excluding carboxylic acids is 2. The standard InChI is InChI=1S/C20H25N3O3S2/c1-6-12-11-27-17(21-12)16-13-8-9-23(19(25)26-20(3,4)5)10-14(13)28-18(16)22-15(24)7-2/h7,11H,2,6,8-10H2,1,3-5H3,(H,22,24). The summed E-state index contributed by atoms with van der Waals surface area (Å²) in [6, 6.07) is 0. The third-order valence-electron chi connectivity index (χ3n) is 4.26. The molecule has 0 unspecified atom stereocenters. The molecule has 0 bridgehead atoms. The van der Waals surface area contributed by atoms with E-state index in [1.165, 1.54) is 17.4 Å². The first-order chi connectivity index (χ1) is 13.2.